The molecule has 0 N–H and O–H groups in total. The molecule has 0 aromatic carbocycles. The second-order valence-corrected chi connectivity index (χ2v) is 0.946. The van der Waals surface area contributed by atoms with Crippen molar-refractivity contribution in [1.29, 1.82) is 0 Å². The Balaban J connectivity index is 3.09. The average Bonchev–Trinajstić information content (AvgIpc) is 1.83. The van der Waals surface area contributed by atoms with Gasteiger partial charge in [0.25, 0.3) is 6.36 Å². The van der Waals surface area contributed by atoms with E-state index in [0.29, 0.717) is 0 Å². The molecule has 8 heavy (non-hydrogen) atoms. The van der Waals surface area contributed by atoms with E-state index in [1.54, 1.807) is 0 Å². The molecular formula is C5H7FO2. The van der Waals surface area contributed by atoms with Gasteiger partial charge >= 0.3 is 0 Å². The Hall–Kier alpha value is -0.830. The molecule has 0 aromatic rings. The summed E-state index contributed by atoms with van der Waals surface area (Å²) in [6.45, 7) is 6.22. The molecule has 0 radical (unpaired) electrons. The normalized spacial score (nSPS) is 12.1. The van der Waals surface area contributed by atoms with Crippen molar-refractivity contribution in [3.8, 4) is 0 Å². The topological polar surface area (TPSA) is 18.5 Å². The van der Waals surface area contributed by atoms with Gasteiger partial charge in [-0.05, 0) is 6.08 Å². The van der Waals surface area contributed by atoms with Gasteiger partial charge in [-0.3, -0.25) is 0 Å². The number of alkyl halides is 1. The summed E-state index contributed by atoms with van der Waals surface area (Å²) < 4.78 is 11.8. The van der Waals surface area contributed by atoms with Crippen LogP contribution in [-0.4, -0.2) is 6.36 Å². The van der Waals surface area contributed by atoms with Crippen LogP contribution in [0, 0.1) is 0 Å². The van der Waals surface area contributed by atoms with Crippen molar-refractivity contribution >= 4 is 0 Å². The maximum Gasteiger partial charge on any atom is 0.261 e. The smallest absolute Gasteiger partial charge is 0.261 e. The molecule has 46 valence electrons. The molecule has 0 heterocycles. The van der Waals surface area contributed by atoms with Crippen molar-refractivity contribution in [2.24, 2.45) is 0 Å². The third kappa shape index (κ3) is 3.36. The van der Waals surface area contributed by atoms with E-state index in [9.17, 15) is 4.39 Å². The van der Waals surface area contributed by atoms with Crippen LogP contribution in [-0.2, 0) is 9.78 Å². The minimum absolute atomic E-state index is 0.962. The minimum atomic E-state index is -1.58. The van der Waals surface area contributed by atoms with Crippen molar-refractivity contribution in [2.45, 2.75) is 6.36 Å². The van der Waals surface area contributed by atoms with Crippen molar-refractivity contribution < 1.29 is 14.2 Å². The van der Waals surface area contributed by atoms with Crippen molar-refractivity contribution in [3.63, 3.8) is 0 Å². The van der Waals surface area contributed by atoms with E-state index in [-0.39, 0.29) is 0 Å². The Kier molecular flexibility index (Phi) is 3.88. The molecular weight excluding hydrogens is 111 g/mol. The molecule has 0 aromatic heterocycles. The quantitative estimate of drug-likeness (QED) is 0.241. The number of hydrogen-bond acceptors (Lipinski definition) is 2. The van der Waals surface area contributed by atoms with Crippen LogP contribution in [0.4, 0.5) is 4.39 Å². The first kappa shape index (κ1) is 7.17. The molecule has 1 atom stereocenters. The van der Waals surface area contributed by atoms with Gasteiger partial charge in [-0.1, -0.05) is 13.2 Å². The highest BCUT2D eigenvalue weighted by molar-refractivity contribution is 4.68. The van der Waals surface area contributed by atoms with E-state index in [1.807, 2.05) is 0 Å². The first-order valence-corrected chi connectivity index (χ1v) is 2.01. The van der Waals surface area contributed by atoms with Gasteiger partial charge in [0.15, 0.2) is 0 Å². The van der Waals surface area contributed by atoms with Gasteiger partial charge in [0.05, 0.1) is 0 Å². The van der Waals surface area contributed by atoms with E-state index in [2.05, 4.69) is 22.9 Å². The number of hydrogen-bond donors (Lipinski definition) is 0. The third-order valence-corrected chi connectivity index (χ3v) is 0.401. The van der Waals surface area contributed by atoms with Crippen molar-refractivity contribution in [3.05, 3.63) is 25.5 Å². The first-order chi connectivity index (χ1) is 3.81. The molecule has 3 heteroatoms. The summed E-state index contributed by atoms with van der Waals surface area (Å²) in [7, 11) is 0. The van der Waals surface area contributed by atoms with E-state index in [0.717, 1.165) is 12.3 Å². The van der Waals surface area contributed by atoms with E-state index in [4.69, 9.17) is 0 Å². The Labute approximate surface area is 47.1 Å². The fourth-order valence-electron chi connectivity index (χ4n) is 0.132. The van der Waals surface area contributed by atoms with Crippen LogP contribution < -0.4 is 0 Å². The van der Waals surface area contributed by atoms with Gasteiger partial charge in [0.2, 0.25) is 0 Å². The van der Waals surface area contributed by atoms with Crippen LogP contribution in [0.3, 0.4) is 0 Å². The number of halogens is 1. The SMILES string of the molecule is C=COOC(F)C=C. The summed E-state index contributed by atoms with van der Waals surface area (Å²) >= 11 is 0. The Morgan fingerprint density at radius 2 is 2.12 bits per heavy atom. The predicted molar refractivity (Wildman–Crippen MR) is 27.5 cm³/mol. The molecule has 0 spiro atoms. The Morgan fingerprint density at radius 1 is 1.50 bits per heavy atom. The van der Waals surface area contributed by atoms with Gasteiger partial charge < -0.3 is 4.89 Å². The van der Waals surface area contributed by atoms with Crippen LogP contribution in [0.2, 0.25) is 0 Å². The zero-order valence-corrected chi connectivity index (χ0v) is 4.34. The summed E-state index contributed by atoms with van der Waals surface area (Å²) in [5.41, 5.74) is 0. The Bertz CT molecular complexity index is 82.5. The zero-order valence-electron chi connectivity index (χ0n) is 4.34. The van der Waals surface area contributed by atoms with Gasteiger partial charge in [-0.15, -0.1) is 4.89 Å². The molecule has 0 aliphatic heterocycles. The monoisotopic (exact) mass is 118 g/mol. The van der Waals surface area contributed by atoms with Gasteiger partial charge in [-0.2, -0.15) is 0 Å². The minimum Gasteiger partial charge on any atom is -0.343 e. The lowest BCUT2D eigenvalue weighted by Crippen LogP contribution is -1.98. The standard InChI is InChI=1S/C5H7FO2/c1-3-5(6)8-7-4-2/h3-5H,1-2H2. The Morgan fingerprint density at radius 3 is 2.50 bits per heavy atom. The molecule has 0 bridgehead atoms. The lowest BCUT2D eigenvalue weighted by atomic mass is 10.7. The maximum atomic E-state index is 11.8. The van der Waals surface area contributed by atoms with Gasteiger partial charge in [0, 0.05) is 0 Å². The predicted octanol–water partition coefficient (Wildman–Crippen LogP) is 1.56. The van der Waals surface area contributed by atoms with Gasteiger partial charge in [0.1, 0.15) is 6.26 Å². The largest absolute Gasteiger partial charge is 0.343 e. The van der Waals surface area contributed by atoms with E-state index >= 15 is 0 Å². The molecule has 0 aliphatic carbocycles. The van der Waals surface area contributed by atoms with Crippen LogP contribution in [0.1, 0.15) is 0 Å². The van der Waals surface area contributed by atoms with Crippen molar-refractivity contribution in [2.75, 3.05) is 0 Å². The summed E-state index contributed by atoms with van der Waals surface area (Å²) in [4.78, 5) is 7.94. The van der Waals surface area contributed by atoms with Crippen molar-refractivity contribution in [1.82, 2.24) is 0 Å². The lowest BCUT2D eigenvalue weighted by molar-refractivity contribution is -0.300. The molecule has 2 nitrogen and oxygen atoms in total. The van der Waals surface area contributed by atoms with Crippen LogP contribution in [0.15, 0.2) is 25.5 Å². The highest BCUT2D eigenvalue weighted by atomic mass is 19.1. The van der Waals surface area contributed by atoms with E-state index < -0.39 is 6.36 Å². The summed E-state index contributed by atoms with van der Waals surface area (Å²) in [6, 6.07) is 0. The summed E-state index contributed by atoms with van der Waals surface area (Å²) in [5.74, 6) is 0. The summed E-state index contributed by atoms with van der Waals surface area (Å²) in [5, 5.41) is 0. The van der Waals surface area contributed by atoms with Gasteiger partial charge in [-0.25, -0.2) is 4.39 Å². The van der Waals surface area contributed by atoms with Crippen LogP contribution in [0.5, 0.6) is 0 Å². The zero-order chi connectivity index (χ0) is 6.41. The highest BCUT2D eigenvalue weighted by Crippen LogP contribution is 1.93. The maximum absolute atomic E-state index is 11.8. The molecule has 1 unspecified atom stereocenters. The second kappa shape index (κ2) is 4.33. The molecule has 0 aliphatic rings. The fraction of sp³-hybridized carbons (Fsp3) is 0.200. The summed E-state index contributed by atoms with van der Waals surface area (Å²) in [6.07, 6.45) is 0.368. The van der Waals surface area contributed by atoms with E-state index in [1.165, 1.54) is 0 Å². The molecule has 0 saturated carbocycles. The number of rotatable bonds is 4. The molecule has 0 fully saturated rings. The second-order valence-electron chi connectivity index (χ2n) is 0.946. The van der Waals surface area contributed by atoms with Crippen LogP contribution in [0.25, 0.3) is 0 Å². The lowest BCUT2D eigenvalue weighted by Gasteiger charge is -1.98. The van der Waals surface area contributed by atoms with Crippen LogP contribution >= 0.6 is 0 Å². The highest BCUT2D eigenvalue weighted by Gasteiger charge is 1.96. The first-order valence-electron chi connectivity index (χ1n) is 2.01. The average molecular weight is 118 g/mol. The molecule has 0 rings (SSSR count). The third-order valence-electron chi connectivity index (χ3n) is 0.401. The molecule has 0 saturated heterocycles. The fourth-order valence-corrected chi connectivity index (χ4v) is 0.132. The molecule has 0 amide bonds.